The lowest BCUT2D eigenvalue weighted by Gasteiger charge is -2.19. The number of hydrazine groups is 1. The van der Waals surface area contributed by atoms with Crippen LogP contribution in [0.3, 0.4) is 0 Å². The molecule has 0 saturated heterocycles. The Balaban J connectivity index is 2.27. The van der Waals surface area contributed by atoms with Gasteiger partial charge in [0.2, 0.25) is 5.91 Å². The number of hydrogen-bond acceptors (Lipinski definition) is 8. The highest BCUT2D eigenvalue weighted by molar-refractivity contribution is 5.88. The minimum atomic E-state index is -0.526. The van der Waals surface area contributed by atoms with E-state index >= 15 is 0 Å². The molecular weight excluding hydrogens is 500 g/mol. The summed E-state index contributed by atoms with van der Waals surface area (Å²) in [4.78, 5) is 37.0. The second-order valence-electron chi connectivity index (χ2n) is 8.64. The van der Waals surface area contributed by atoms with Gasteiger partial charge in [-0.15, -0.1) is 0 Å². The van der Waals surface area contributed by atoms with Gasteiger partial charge in [0.15, 0.2) is 0 Å². The van der Waals surface area contributed by atoms with Crippen molar-refractivity contribution in [2.24, 2.45) is 16.8 Å². The molecule has 12 heteroatoms. The van der Waals surface area contributed by atoms with Crippen LogP contribution >= 0.6 is 0 Å². The lowest BCUT2D eigenvalue weighted by Crippen LogP contribution is -2.33. The maximum absolute atomic E-state index is 12.9. The van der Waals surface area contributed by atoms with Crippen LogP contribution in [0.2, 0.25) is 0 Å². The highest BCUT2D eigenvalue weighted by Gasteiger charge is 2.19. The largest absolute Gasteiger partial charge is 0.453 e. The summed E-state index contributed by atoms with van der Waals surface area (Å²) in [5, 5.41) is 17.2. The molecule has 39 heavy (non-hydrogen) atoms. The minimum Gasteiger partial charge on any atom is -0.453 e. The number of carbonyl (C=O) groups excluding carboxylic acids is 2. The molecule has 1 aromatic heterocycles. The molecule has 0 aliphatic heterocycles. The van der Waals surface area contributed by atoms with Gasteiger partial charge in [-0.25, -0.2) is 15.7 Å². The smallest absolute Gasteiger partial charge is 0.407 e. The Morgan fingerprint density at radius 1 is 1.33 bits per heavy atom. The van der Waals surface area contributed by atoms with Crippen molar-refractivity contribution in [3.8, 4) is 0 Å². The Labute approximate surface area is 228 Å². The highest BCUT2D eigenvalue weighted by Crippen LogP contribution is 2.23. The third kappa shape index (κ3) is 9.11. The summed E-state index contributed by atoms with van der Waals surface area (Å²) >= 11 is 0. The van der Waals surface area contributed by atoms with E-state index in [1.54, 1.807) is 24.3 Å². The summed E-state index contributed by atoms with van der Waals surface area (Å²) in [6, 6.07) is 1.02. The summed E-state index contributed by atoms with van der Waals surface area (Å²) in [5.74, 6) is 10.9. The normalized spacial score (nSPS) is 16.7. The molecule has 2 amide bonds. The lowest BCUT2D eigenvalue weighted by atomic mass is 9.96. The van der Waals surface area contributed by atoms with Gasteiger partial charge in [-0.3, -0.25) is 14.6 Å². The minimum absolute atomic E-state index is 0.232. The number of alkyl carbamates (subject to hydrolysis) is 1. The molecule has 0 spiro atoms. The Bertz CT molecular complexity index is 1240. The first-order valence-corrected chi connectivity index (χ1v) is 12.7. The number of H-pyrrole nitrogens is 1. The maximum Gasteiger partial charge on any atom is 0.407 e. The van der Waals surface area contributed by atoms with Crippen molar-refractivity contribution in [1.29, 1.82) is 0 Å². The molecule has 1 aliphatic carbocycles. The van der Waals surface area contributed by atoms with Crippen molar-refractivity contribution in [1.82, 2.24) is 25.8 Å². The number of rotatable bonds is 12. The molecule has 12 nitrogen and oxygen atoms in total. The number of nitrogens with zero attached hydrogens (tertiary/aromatic N) is 3. The van der Waals surface area contributed by atoms with E-state index in [1.807, 2.05) is 39.0 Å². The molecular formula is C27H38N8O4. The van der Waals surface area contributed by atoms with Crippen LogP contribution in [0.5, 0.6) is 0 Å². The first-order valence-electron chi connectivity index (χ1n) is 12.7. The summed E-state index contributed by atoms with van der Waals surface area (Å²) in [7, 11) is 1.30. The van der Waals surface area contributed by atoms with Crippen LogP contribution in [-0.2, 0) is 9.53 Å². The van der Waals surface area contributed by atoms with Crippen LogP contribution in [0.4, 0.5) is 4.79 Å². The fourth-order valence-corrected chi connectivity index (χ4v) is 4.02. The van der Waals surface area contributed by atoms with Gasteiger partial charge in [-0.2, -0.15) is 10.2 Å². The highest BCUT2D eigenvalue weighted by atomic mass is 16.5. The van der Waals surface area contributed by atoms with Gasteiger partial charge in [-0.1, -0.05) is 50.6 Å². The fourth-order valence-electron chi connectivity index (χ4n) is 4.02. The number of hydrazone groups is 1. The molecule has 2 rings (SSSR count). The molecule has 0 saturated carbocycles. The molecule has 0 aromatic carbocycles. The van der Waals surface area contributed by atoms with E-state index < -0.39 is 12.1 Å². The molecule has 2 atom stereocenters. The summed E-state index contributed by atoms with van der Waals surface area (Å²) in [6.45, 7) is 5.79. The van der Waals surface area contributed by atoms with E-state index in [9.17, 15) is 14.4 Å². The number of amides is 2. The number of aromatic nitrogens is 2. The number of ether oxygens (including phenoxy) is 1. The molecule has 1 unspecified atom stereocenters. The Kier molecular flexibility index (Phi) is 12.4. The molecule has 0 radical (unpaired) electrons. The molecule has 210 valence electrons. The zero-order valence-corrected chi connectivity index (χ0v) is 22.8. The van der Waals surface area contributed by atoms with Crippen LogP contribution in [0.15, 0.2) is 69.8 Å². The first kappa shape index (κ1) is 30.8. The third-order valence-corrected chi connectivity index (χ3v) is 5.91. The number of nitrogens with one attached hydrogen (secondary N) is 3. The maximum atomic E-state index is 12.9. The van der Waals surface area contributed by atoms with E-state index in [4.69, 9.17) is 11.7 Å². The lowest BCUT2D eigenvalue weighted by molar-refractivity contribution is -0.117. The van der Waals surface area contributed by atoms with Gasteiger partial charge < -0.3 is 21.2 Å². The van der Waals surface area contributed by atoms with E-state index in [0.29, 0.717) is 36.1 Å². The number of hydrogen-bond donors (Lipinski definition) is 5. The quantitative estimate of drug-likeness (QED) is 0.0672. The molecule has 0 fully saturated rings. The van der Waals surface area contributed by atoms with Crippen LogP contribution in [0.1, 0.15) is 63.8 Å². The van der Waals surface area contributed by atoms with Crippen molar-refractivity contribution in [3.05, 3.63) is 81.5 Å². The molecule has 7 N–H and O–H groups in total. The van der Waals surface area contributed by atoms with Crippen molar-refractivity contribution in [2.45, 2.75) is 58.5 Å². The van der Waals surface area contributed by atoms with Crippen LogP contribution in [0.25, 0.3) is 5.57 Å². The standard InChI is InChI=1S/C27H38N8O4/c1-5-8-19(24(7-3)35(29)17-30-28)12-15-25(36)32-22(9-6-2)23-16-21(26(37)34-33-23)18-10-13-20(14-11-18)31-27(38)39-4/h5,8,10-13,15-17,20,22H,6-7,9,14,28-29H2,1-4H3,(H,31,38)(H,32,36)(H,34,37)/b8-5-,15-12+,24-19-,30-17-/t20?,22-/m0/s1. The SMILES string of the molecule is C\C=C/C(/C=C/C(=O)N[C@@H](CCC)c1cc(C2=CCC(NC(=O)OC)C=C2)c(=O)[nH]n1)=C(\CC)N(N)/C=N\N. The van der Waals surface area contributed by atoms with E-state index in [-0.39, 0.29) is 17.5 Å². The van der Waals surface area contributed by atoms with Crippen LogP contribution < -0.4 is 27.9 Å². The summed E-state index contributed by atoms with van der Waals surface area (Å²) < 4.78 is 4.63. The fraction of sp³-hybridized carbons (Fsp3) is 0.370. The Hall–Kier alpha value is -4.45. The number of aromatic amines is 1. The average Bonchev–Trinajstić information content (AvgIpc) is 2.92. The predicted octanol–water partition coefficient (Wildman–Crippen LogP) is 2.67. The van der Waals surface area contributed by atoms with E-state index in [1.165, 1.54) is 24.5 Å². The van der Waals surface area contributed by atoms with Crippen molar-refractivity contribution in [2.75, 3.05) is 7.11 Å². The van der Waals surface area contributed by atoms with Crippen molar-refractivity contribution >= 4 is 23.9 Å². The zero-order chi connectivity index (χ0) is 28.8. The third-order valence-electron chi connectivity index (χ3n) is 5.91. The van der Waals surface area contributed by atoms with E-state index in [2.05, 4.69) is 30.7 Å². The summed E-state index contributed by atoms with van der Waals surface area (Å²) in [6.07, 6.45) is 15.4. The Morgan fingerprint density at radius 3 is 2.69 bits per heavy atom. The zero-order valence-electron chi connectivity index (χ0n) is 22.8. The van der Waals surface area contributed by atoms with E-state index in [0.717, 1.165) is 17.7 Å². The second kappa shape index (κ2) is 15.7. The van der Waals surface area contributed by atoms with Gasteiger partial charge in [0.25, 0.3) is 5.56 Å². The topological polar surface area (TPSA) is 181 Å². The molecule has 1 heterocycles. The predicted molar refractivity (Wildman–Crippen MR) is 152 cm³/mol. The number of methoxy groups -OCH3 is 1. The monoisotopic (exact) mass is 538 g/mol. The summed E-state index contributed by atoms with van der Waals surface area (Å²) in [5.41, 5.74) is 2.75. The van der Waals surface area contributed by atoms with Crippen molar-refractivity contribution in [3.63, 3.8) is 0 Å². The average molecular weight is 539 g/mol. The van der Waals surface area contributed by atoms with Crippen molar-refractivity contribution < 1.29 is 14.3 Å². The molecule has 0 bridgehead atoms. The first-order chi connectivity index (χ1) is 18.8. The van der Waals surface area contributed by atoms with Crippen LogP contribution in [0, 0.1) is 0 Å². The second-order valence-corrected chi connectivity index (χ2v) is 8.64. The van der Waals surface area contributed by atoms with Gasteiger partial charge >= 0.3 is 6.09 Å². The molecule has 1 aromatic rings. The Morgan fingerprint density at radius 2 is 2.10 bits per heavy atom. The number of allylic oxidation sites excluding steroid dienone is 7. The van der Waals surface area contributed by atoms with Gasteiger partial charge in [0.1, 0.15) is 6.34 Å². The number of nitrogens with two attached hydrogens (primary N) is 2. The molecule has 1 aliphatic rings. The van der Waals surface area contributed by atoms with Gasteiger partial charge in [0, 0.05) is 11.8 Å². The van der Waals surface area contributed by atoms with Crippen LogP contribution in [-0.4, -0.2) is 46.7 Å². The van der Waals surface area contributed by atoms with Gasteiger partial charge in [0.05, 0.1) is 30.5 Å². The van der Waals surface area contributed by atoms with Gasteiger partial charge in [-0.05, 0) is 49.5 Å². The number of carbonyl (C=O) groups is 2.